The van der Waals surface area contributed by atoms with E-state index in [4.69, 9.17) is 9.47 Å². The molecule has 2 aliphatic rings. The smallest absolute Gasteiger partial charge is 0.414 e. The van der Waals surface area contributed by atoms with Crippen molar-refractivity contribution in [1.82, 2.24) is 15.1 Å². The fourth-order valence-electron chi connectivity index (χ4n) is 3.54. The quantitative estimate of drug-likeness (QED) is 0.755. The lowest BCUT2D eigenvalue weighted by Gasteiger charge is -2.40. The van der Waals surface area contributed by atoms with Gasteiger partial charge < -0.3 is 29.9 Å². The van der Waals surface area contributed by atoms with Crippen molar-refractivity contribution in [2.45, 2.75) is 32.4 Å². The van der Waals surface area contributed by atoms with E-state index in [9.17, 15) is 14.4 Å². The number of rotatable bonds is 4. The SMILES string of the molecule is CN1CCN(C(=O)Nc2cccc(N3CCOC3=O)c2)C(CNC(=O)OC(C)(C)C)C1. The molecule has 1 aromatic rings. The van der Waals surface area contributed by atoms with E-state index in [0.717, 1.165) is 6.54 Å². The number of anilines is 2. The van der Waals surface area contributed by atoms with Crippen molar-refractivity contribution in [3.63, 3.8) is 0 Å². The number of carbonyl (C=O) groups is 3. The molecular formula is C21H31N5O5. The van der Waals surface area contributed by atoms with Gasteiger partial charge in [-0.15, -0.1) is 0 Å². The molecule has 4 amide bonds. The van der Waals surface area contributed by atoms with E-state index in [-0.39, 0.29) is 18.6 Å². The molecule has 0 aromatic heterocycles. The van der Waals surface area contributed by atoms with Crippen LogP contribution in [0.2, 0.25) is 0 Å². The maximum Gasteiger partial charge on any atom is 0.414 e. The van der Waals surface area contributed by atoms with Crippen molar-refractivity contribution in [3.8, 4) is 0 Å². The fraction of sp³-hybridized carbons (Fsp3) is 0.571. The summed E-state index contributed by atoms with van der Waals surface area (Å²) in [6.45, 7) is 8.41. The number of urea groups is 1. The minimum atomic E-state index is -0.586. The van der Waals surface area contributed by atoms with Crippen molar-refractivity contribution in [3.05, 3.63) is 24.3 Å². The van der Waals surface area contributed by atoms with E-state index in [1.165, 1.54) is 4.90 Å². The van der Waals surface area contributed by atoms with E-state index in [2.05, 4.69) is 15.5 Å². The lowest BCUT2D eigenvalue weighted by Crippen LogP contribution is -2.58. The molecule has 10 heteroatoms. The van der Waals surface area contributed by atoms with Gasteiger partial charge in [0, 0.05) is 37.6 Å². The maximum atomic E-state index is 13.0. The molecule has 2 fully saturated rings. The van der Waals surface area contributed by atoms with Crippen LogP contribution in [0.15, 0.2) is 24.3 Å². The van der Waals surface area contributed by atoms with Gasteiger partial charge in [0.1, 0.15) is 12.2 Å². The monoisotopic (exact) mass is 433 g/mol. The summed E-state index contributed by atoms with van der Waals surface area (Å²) in [6, 6.07) is 6.63. The highest BCUT2D eigenvalue weighted by molar-refractivity contribution is 5.93. The van der Waals surface area contributed by atoms with Gasteiger partial charge in [-0.3, -0.25) is 4.90 Å². The summed E-state index contributed by atoms with van der Waals surface area (Å²) < 4.78 is 10.3. The second-order valence-electron chi connectivity index (χ2n) is 8.74. The van der Waals surface area contributed by atoms with Gasteiger partial charge in [0.25, 0.3) is 0 Å². The van der Waals surface area contributed by atoms with Gasteiger partial charge in [-0.25, -0.2) is 14.4 Å². The Bertz CT molecular complexity index is 825. The maximum absolute atomic E-state index is 13.0. The van der Waals surface area contributed by atoms with Crippen LogP contribution in [0.3, 0.4) is 0 Å². The molecule has 31 heavy (non-hydrogen) atoms. The van der Waals surface area contributed by atoms with Crippen LogP contribution in [-0.2, 0) is 9.47 Å². The minimum Gasteiger partial charge on any atom is -0.447 e. The minimum absolute atomic E-state index is 0.206. The number of alkyl carbamates (subject to hydrolysis) is 1. The Hall–Kier alpha value is -3.01. The molecule has 2 aliphatic heterocycles. The number of cyclic esters (lactones) is 1. The largest absolute Gasteiger partial charge is 0.447 e. The van der Waals surface area contributed by atoms with Crippen molar-refractivity contribution < 1.29 is 23.9 Å². The van der Waals surface area contributed by atoms with Crippen molar-refractivity contribution in [2.75, 3.05) is 56.6 Å². The Morgan fingerprint density at radius 3 is 2.68 bits per heavy atom. The second-order valence-corrected chi connectivity index (χ2v) is 8.74. The third-order valence-electron chi connectivity index (χ3n) is 5.00. The molecule has 0 saturated carbocycles. The topological polar surface area (TPSA) is 103 Å². The molecule has 10 nitrogen and oxygen atoms in total. The lowest BCUT2D eigenvalue weighted by molar-refractivity contribution is 0.0490. The van der Waals surface area contributed by atoms with Crippen LogP contribution in [0.4, 0.5) is 25.8 Å². The molecule has 0 spiro atoms. The summed E-state index contributed by atoms with van der Waals surface area (Å²) in [4.78, 5) is 42.2. The average Bonchev–Trinajstić information content (AvgIpc) is 3.11. The molecule has 3 rings (SSSR count). The fourth-order valence-corrected chi connectivity index (χ4v) is 3.54. The zero-order valence-corrected chi connectivity index (χ0v) is 18.5. The number of nitrogens with zero attached hydrogens (tertiary/aromatic N) is 3. The molecule has 0 radical (unpaired) electrons. The van der Waals surface area contributed by atoms with Crippen LogP contribution in [0.5, 0.6) is 0 Å². The molecule has 1 aromatic carbocycles. The first-order chi connectivity index (χ1) is 14.6. The highest BCUT2D eigenvalue weighted by Gasteiger charge is 2.30. The number of benzene rings is 1. The summed E-state index contributed by atoms with van der Waals surface area (Å²) in [5.41, 5.74) is 0.666. The molecule has 0 aliphatic carbocycles. The average molecular weight is 434 g/mol. The van der Waals surface area contributed by atoms with Crippen LogP contribution in [0, 0.1) is 0 Å². The van der Waals surface area contributed by atoms with Crippen LogP contribution in [0.1, 0.15) is 20.8 Å². The summed E-state index contributed by atoms with van der Waals surface area (Å²) in [6.07, 6.45) is -0.901. The van der Waals surface area contributed by atoms with Gasteiger partial charge in [0.05, 0.1) is 12.6 Å². The van der Waals surface area contributed by atoms with E-state index in [1.54, 1.807) is 49.9 Å². The zero-order chi connectivity index (χ0) is 22.6. The van der Waals surface area contributed by atoms with Crippen molar-refractivity contribution >= 4 is 29.6 Å². The molecule has 0 bridgehead atoms. The van der Waals surface area contributed by atoms with E-state index >= 15 is 0 Å². The van der Waals surface area contributed by atoms with Gasteiger partial charge in [-0.2, -0.15) is 0 Å². The van der Waals surface area contributed by atoms with E-state index in [0.29, 0.717) is 37.6 Å². The van der Waals surface area contributed by atoms with Crippen LogP contribution >= 0.6 is 0 Å². The Kier molecular flexibility index (Phi) is 6.89. The van der Waals surface area contributed by atoms with E-state index in [1.807, 2.05) is 7.05 Å². The first kappa shape index (κ1) is 22.7. The normalized spacial score (nSPS) is 19.7. The predicted octanol–water partition coefficient (Wildman–Crippen LogP) is 2.32. The highest BCUT2D eigenvalue weighted by atomic mass is 16.6. The van der Waals surface area contributed by atoms with Gasteiger partial charge in [-0.05, 0) is 46.0 Å². The number of nitrogens with one attached hydrogen (secondary N) is 2. The Morgan fingerprint density at radius 2 is 2.00 bits per heavy atom. The number of amides is 4. The van der Waals surface area contributed by atoms with E-state index < -0.39 is 17.8 Å². The number of ether oxygens (including phenoxy) is 2. The second kappa shape index (κ2) is 9.42. The number of hydrogen-bond donors (Lipinski definition) is 2. The highest BCUT2D eigenvalue weighted by Crippen LogP contribution is 2.23. The predicted molar refractivity (Wildman–Crippen MR) is 116 cm³/mol. The third-order valence-corrected chi connectivity index (χ3v) is 5.00. The van der Waals surface area contributed by atoms with Gasteiger partial charge in [0.15, 0.2) is 0 Å². The molecular weight excluding hydrogens is 402 g/mol. The molecule has 2 heterocycles. The van der Waals surface area contributed by atoms with Crippen molar-refractivity contribution in [1.29, 1.82) is 0 Å². The Morgan fingerprint density at radius 1 is 1.23 bits per heavy atom. The Labute approximate surface area is 182 Å². The van der Waals surface area contributed by atoms with Gasteiger partial charge in [0.2, 0.25) is 0 Å². The molecule has 1 unspecified atom stereocenters. The lowest BCUT2D eigenvalue weighted by atomic mass is 10.1. The van der Waals surface area contributed by atoms with Crippen LogP contribution in [-0.4, -0.2) is 86.0 Å². The number of hydrogen-bond acceptors (Lipinski definition) is 6. The molecule has 2 N–H and O–H groups in total. The molecule has 2 saturated heterocycles. The first-order valence-corrected chi connectivity index (χ1v) is 10.4. The third kappa shape index (κ3) is 6.24. The molecule has 1 atom stereocenters. The summed E-state index contributed by atoms with van der Waals surface area (Å²) in [5, 5.41) is 5.67. The molecule has 170 valence electrons. The standard InChI is InChI=1S/C21H31N5O5/c1-21(2,3)31-19(28)22-13-17-14-24(4)8-9-25(17)18(27)23-15-6-5-7-16(12-15)26-10-11-30-20(26)29/h5-7,12,17H,8-11,13-14H2,1-4H3,(H,22,28)(H,23,27). The van der Waals surface area contributed by atoms with Crippen LogP contribution in [0.25, 0.3) is 0 Å². The number of piperazine rings is 1. The summed E-state index contributed by atoms with van der Waals surface area (Å²) >= 11 is 0. The number of carbonyl (C=O) groups excluding carboxylic acids is 3. The summed E-state index contributed by atoms with van der Waals surface area (Å²) in [7, 11) is 1.98. The van der Waals surface area contributed by atoms with Crippen molar-refractivity contribution in [2.24, 2.45) is 0 Å². The first-order valence-electron chi connectivity index (χ1n) is 10.4. The Balaban J connectivity index is 1.63. The van der Waals surface area contributed by atoms with Gasteiger partial charge in [-0.1, -0.05) is 6.07 Å². The zero-order valence-electron chi connectivity index (χ0n) is 18.5. The van der Waals surface area contributed by atoms with Crippen LogP contribution < -0.4 is 15.5 Å². The van der Waals surface area contributed by atoms with Gasteiger partial charge >= 0.3 is 18.2 Å². The summed E-state index contributed by atoms with van der Waals surface area (Å²) in [5.74, 6) is 0. The number of likely N-dealkylation sites (N-methyl/N-ethyl adjacent to an activating group) is 1.